The Kier molecular flexibility index (Phi) is 4.77. The highest BCUT2D eigenvalue weighted by Crippen LogP contribution is 2.42. The molecule has 0 spiro atoms. The number of carbonyl (C=O) groups excluding carboxylic acids is 2. The Bertz CT molecular complexity index is 1330. The molecule has 8 heteroatoms. The molecule has 5 rings (SSSR count). The van der Waals surface area contributed by atoms with E-state index in [2.05, 4.69) is 5.10 Å². The maximum absolute atomic E-state index is 13.1. The lowest BCUT2D eigenvalue weighted by molar-refractivity contribution is -0.122. The Morgan fingerprint density at radius 3 is 2.25 bits per heavy atom. The molecule has 8 nitrogen and oxygen atoms in total. The van der Waals surface area contributed by atoms with Crippen LogP contribution in [-0.2, 0) is 16.1 Å². The van der Waals surface area contributed by atoms with Crippen LogP contribution in [0.3, 0.4) is 0 Å². The van der Waals surface area contributed by atoms with Crippen LogP contribution in [0.2, 0.25) is 0 Å². The molecule has 3 atom stereocenters. The van der Waals surface area contributed by atoms with Crippen LogP contribution in [0.15, 0.2) is 81.9 Å². The molecule has 1 aliphatic heterocycles. The van der Waals surface area contributed by atoms with E-state index in [9.17, 15) is 19.2 Å². The highest BCUT2D eigenvalue weighted by atomic mass is 16.2. The molecule has 2 aromatic carbocycles. The van der Waals surface area contributed by atoms with Crippen LogP contribution in [0, 0.1) is 11.8 Å². The van der Waals surface area contributed by atoms with Crippen molar-refractivity contribution in [3.63, 3.8) is 0 Å². The summed E-state index contributed by atoms with van der Waals surface area (Å²) in [6, 6.07) is 17.6. The number of para-hydroxylation sites is 1. The van der Waals surface area contributed by atoms with E-state index in [0.29, 0.717) is 5.69 Å². The van der Waals surface area contributed by atoms with Gasteiger partial charge in [-0.1, -0.05) is 60.2 Å². The Labute approximate surface area is 183 Å². The van der Waals surface area contributed by atoms with Crippen molar-refractivity contribution in [2.24, 2.45) is 11.8 Å². The van der Waals surface area contributed by atoms with Crippen molar-refractivity contribution in [1.82, 2.24) is 14.3 Å². The second-order valence-electron chi connectivity index (χ2n) is 8.28. The van der Waals surface area contributed by atoms with E-state index in [0.717, 1.165) is 15.7 Å². The van der Waals surface area contributed by atoms with Gasteiger partial charge < -0.3 is 0 Å². The molecule has 0 radical (unpaired) electrons. The molecule has 1 aromatic heterocycles. The monoisotopic (exact) mass is 430 g/mol. The van der Waals surface area contributed by atoms with Gasteiger partial charge in [-0.05, 0) is 31.0 Å². The number of allylic oxidation sites excluding steroid dienone is 1. The summed E-state index contributed by atoms with van der Waals surface area (Å²) in [6.45, 7) is 1.98. The van der Waals surface area contributed by atoms with Gasteiger partial charge in [-0.25, -0.2) is 28.8 Å². The number of H-pyrrole nitrogens is 1. The molecule has 1 saturated heterocycles. The number of benzene rings is 2. The molecule has 0 unspecified atom stereocenters. The van der Waals surface area contributed by atoms with Crippen LogP contribution in [-0.4, -0.2) is 26.2 Å². The van der Waals surface area contributed by atoms with Crippen LogP contribution < -0.4 is 16.3 Å². The first-order valence-corrected chi connectivity index (χ1v) is 10.5. The highest BCUT2D eigenvalue weighted by molar-refractivity contribution is 6.22. The summed E-state index contributed by atoms with van der Waals surface area (Å²) >= 11 is 0. The number of hydrogen-bond donors (Lipinski definition) is 1. The molecule has 1 N–H and O–H groups in total. The second kappa shape index (κ2) is 7.64. The largest absolute Gasteiger partial charge is 0.347 e. The topological polar surface area (TPSA) is 97.2 Å². The fraction of sp³-hybridized carbons (Fsp3) is 0.250. The van der Waals surface area contributed by atoms with E-state index in [1.54, 1.807) is 30.3 Å². The van der Waals surface area contributed by atoms with Gasteiger partial charge >= 0.3 is 11.4 Å². The number of carbonyl (C=O) groups is 2. The summed E-state index contributed by atoms with van der Waals surface area (Å²) < 4.78 is 2.43. The number of fused-ring (bicyclic) bond motifs is 1. The van der Waals surface area contributed by atoms with Crippen molar-refractivity contribution >= 4 is 17.5 Å². The van der Waals surface area contributed by atoms with Crippen molar-refractivity contribution in [2.45, 2.75) is 25.9 Å². The lowest BCUT2D eigenvalue weighted by Crippen LogP contribution is -2.35. The van der Waals surface area contributed by atoms with Crippen LogP contribution in [0.4, 0.5) is 5.69 Å². The van der Waals surface area contributed by atoms with Crippen LogP contribution in [0.25, 0.3) is 0 Å². The van der Waals surface area contributed by atoms with Crippen molar-refractivity contribution in [1.29, 1.82) is 0 Å². The van der Waals surface area contributed by atoms with Crippen LogP contribution >= 0.6 is 0 Å². The fourth-order valence-electron chi connectivity index (χ4n) is 4.69. The maximum Gasteiger partial charge on any atom is 0.347 e. The van der Waals surface area contributed by atoms with Crippen LogP contribution in [0.1, 0.15) is 24.9 Å². The molecular formula is C24H22N4O4. The summed E-state index contributed by atoms with van der Waals surface area (Å²) in [5.74, 6) is -1.68. The van der Waals surface area contributed by atoms with E-state index < -0.39 is 29.3 Å². The molecule has 2 amide bonds. The van der Waals surface area contributed by atoms with E-state index >= 15 is 0 Å². The van der Waals surface area contributed by atoms with Crippen molar-refractivity contribution < 1.29 is 9.59 Å². The van der Waals surface area contributed by atoms with E-state index in [4.69, 9.17) is 0 Å². The zero-order chi connectivity index (χ0) is 22.4. The molecular weight excluding hydrogens is 408 g/mol. The summed E-state index contributed by atoms with van der Waals surface area (Å²) in [4.78, 5) is 53.0. The van der Waals surface area contributed by atoms with Crippen LogP contribution in [0.5, 0.6) is 0 Å². The average molecular weight is 430 g/mol. The van der Waals surface area contributed by atoms with Crippen molar-refractivity contribution in [2.75, 3.05) is 4.90 Å². The zero-order valence-electron chi connectivity index (χ0n) is 17.5. The predicted molar refractivity (Wildman–Crippen MR) is 118 cm³/mol. The zero-order valence-corrected chi connectivity index (χ0v) is 17.5. The number of rotatable bonds is 4. The van der Waals surface area contributed by atoms with Crippen molar-refractivity contribution in [3.05, 3.63) is 98.8 Å². The number of imide groups is 1. The lowest BCUT2D eigenvalue weighted by Gasteiger charge is -2.27. The smallest absolute Gasteiger partial charge is 0.274 e. The number of hydrogen-bond acceptors (Lipinski definition) is 4. The maximum atomic E-state index is 13.1. The second-order valence-corrected chi connectivity index (χ2v) is 8.28. The molecule has 2 aliphatic rings. The van der Waals surface area contributed by atoms with E-state index in [1.165, 1.54) is 9.58 Å². The molecule has 0 saturated carbocycles. The van der Waals surface area contributed by atoms with E-state index in [-0.39, 0.29) is 24.8 Å². The Hall–Kier alpha value is -3.94. The van der Waals surface area contributed by atoms with Gasteiger partial charge in [0.05, 0.1) is 30.1 Å². The molecule has 2 heterocycles. The van der Waals surface area contributed by atoms with Gasteiger partial charge in [-0.2, -0.15) is 0 Å². The fourth-order valence-corrected chi connectivity index (χ4v) is 4.69. The first kappa shape index (κ1) is 20.0. The summed E-state index contributed by atoms with van der Waals surface area (Å²) in [5.41, 5.74) is 1.18. The third-order valence-electron chi connectivity index (χ3n) is 6.33. The quantitative estimate of drug-likeness (QED) is 0.506. The Morgan fingerprint density at radius 2 is 1.56 bits per heavy atom. The molecule has 1 aliphatic carbocycles. The number of nitrogens with zero attached hydrogens (tertiary/aromatic N) is 3. The van der Waals surface area contributed by atoms with Gasteiger partial charge in [0.1, 0.15) is 0 Å². The Morgan fingerprint density at radius 1 is 0.906 bits per heavy atom. The van der Waals surface area contributed by atoms with Gasteiger partial charge in [0.15, 0.2) is 0 Å². The van der Waals surface area contributed by atoms with Gasteiger partial charge in [-0.3, -0.25) is 9.59 Å². The third-order valence-corrected chi connectivity index (χ3v) is 6.33. The minimum absolute atomic E-state index is 0.155. The molecule has 32 heavy (non-hydrogen) atoms. The number of amides is 2. The molecule has 0 bridgehead atoms. The van der Waals surface area contributed by atoms with Gasteiger partial charge in [-0.15, -0.1) is 0 Å². The van der Waals surface area contributed by atoms with Gasteiger partial charge in [0.2, 0.25) is 11.8 Å². The molecule has 162 valence electrons. The molecule has 3 aromatic rings. The van der Waals surface area contributed by atoms with Crippen molar-refractivity contribution in [3.8, 4) is 0 Å². The predicted octanol–water partition coefficient (Wildman–Crippen LogP) is 2.08. The molecule has 1 fully saturated rings. The SMILES string of the molecule is CC1=C[C@@H]2C(=O)N(c3ccccc3)C(=O)[C@H]2C[C@H]1n1[nH]c(=O)n(Cc2ccccc2)c1=O. The van der Waals surface area contributed by atoms with Gasteiger partial charge in [0, 0.05) is 0 Å². The highest BCUT2D eigenvalue weighted by Gasteiger charge is 2.50. The standard InChI is InChI=1S/C24H22N4O4/c1-15-12-18-19(22(30)27(21(18)29)17-10-6-3-7-11-17)13-20(15)28-24(32)26(23(31)25-28)14-16-8-4-2-5-9-16/h2-12,18-20H,13-14H2,1H3,(H,25,31)/t18-,19-,20+/m0/s1. The lowest BCUT2D eigenvalue weighted by atomic mass is 9.80. The first-order chi connectivity index (χ1) is 15.5. The normalized spacial score (nSPS) is 22.7. The van der Waals surface area contributed by atoms with E-state index in [1.807, 2.05) is 43.3 Å². The third kappa shape index (κ3) is 3.15. The number of aromatic nitrogens is 3. The number of aromatic amines is 1. The summed E-state index contributed by atoms with van der Waals surface area (Å²) in [6.07, 6.45) is 2.04. The average Bonchev–Trinajstić information content (AvgIpc) is 3.21. The summed E-state index contributed by atoms with van der Waals surface area (Å²) in [5, 5.41) is 2.64. The number of anilines is 1. The first-order valence-electron chi connectivity index (χ1n) is 10.5. The number of nitrogens with one attached hydrogen (secondary N) is 1. The minimum atomic E-state index is -0.579. The minimum Gasteiger partial charge on any atom is -0.274 e. The Balaban J connectivity index is 1.47. The van der Waals surface area contributed by atoms with Gasteiger partial charge in [0.25, 0.3) is 0 Å². The summed E-state index contributed by atoms with van der Waals surface area (Å²) in [7, 11) is 0.